The van der Waals surface area contributed by atoms with E-state index >= 15 is 0 Å². The summed E-state index contributed by atoms with van der Waals surface area (Å²) in [6, 6.07) is 15.1. The largest absolute Gasteiger partial charge is 0.344 e. The van der Waals surface area contributed by atoms with Crippen molar-refractivity contribution in [2.45, 2.75) is 51.2 Å². The SMILES string of the molecule is Cc1ccc2c(c1)c1c(n2CCc2ccc(F)cc2)CC2CCC1N2C. The fraction of sp³-hybridized carbons (Fsp3) is 0.391. The molecule has 1 aromatic heterocycles. The van der Waals surface area contributed by atoms with Gasteiger partial charge in [0.25, 0.3) is 0 Å². The monoisotopic (exact) mass is 348 g/mol. The number of aryl methyl sites for hydroxylation is 3. The maximum Gasteiger partial charge on any atom is 0.123 e. The van der Waals surface area contributed by atoms with Crippen LogP contribution in [0.25, 0.3) is 10.9 Å². The summed E-state index contributed by atoms with van der Waals surface area (Å²) >= 11 is 0. The van der Waals surface area contributed by atoms with Gasteiger partial charge >= 0.3 is 0 Å². The van der Waals surface area contributed by atoms with Gasteiger partial charge in [-0.3, -0.25) is 4.90 Å². The van der Waals surface area contributed by atoms with Gasteiger partial charge in [0.2, 0.25) is 0 Å². The Morgan fingerprint density at radius 2 is 1.88 bits per heavy atom. The number of aromatic nitrogens is 1. The van der Waals surface area contributed by atoms with E-state index in [2.05, 4.69) is 41.6 Å². The van der Waals surface area contributed by atoms with Crippen LogP contribution in [-0.4, -0.2) is 22.6 Å². The van der Waals surface area contributed by atoms with Crippen LogP contribution in [-0.2, 0) is 19.4 Å². The van der Waals surface area contributed by atoms with Crippen molar-refractivity contribution in [1.82, 2.24) is 9.47 Å². The van der Waals surface area contributed by atoms with Gasteiger partial charge in [-0.05, 0) is 68.6 Å². The van der Waals surface area contributed by atoms with Gasteiger partial charge < -0.3 is 4.57 Å². The van der Waals surface area contributed by atoms with Gasteiger partial charge in [0, 0.05) is 41.6 Å². The smallest absolute Gasteiger partial charge is 0.123 e. The van der Waals surface area contributed by atoms with Crippen LogP contribution in [0.1, 0.15) is 41.3 Å². The second-order valence-electron chi connectivity index (χ2n) is 8.03. The molecular formula is C23H25FN2. The summed E-state index contributed by atoms with van der Waals surface area (Å²) in [5.41, 5.74) is 7.00. The lowest BCUT2D eigenvalue weighted by Crippen LogP contribution is -2.34. The maximum atomic E-state index is 13.2. The minimum Gasteiger partial charge on any atom is -0.344 e. The van der Waals surface area contributed by atoms with Crippen LogP contribution in [0, 0.1) is 12.7 Å². The van der Waals surface area contributed by atoms with E-state index in [9.17, 15) is 4.39 Å². The molecule has 2 atom stereocenters. The van der Waals surface area contributed by atoms with Gasteiger partial charge in [-0.2, -0.15) is 0 Å². The van der Waals surface area contributed by atoms with Crippen molar-refractivity contribution in [3.63, 3.8) is 0 Å². The molecule has 3 aromatic rings. The standard InChI is InChI=1S/C23H25FN2/c1-15-3-9-20-19(13-15)23-21-10-8-18(25(21)2)14-22(23)26(20)12-11-16-4-6-17(24)7-5-16/h3-7,9,13,18,21H,8,10-12,14H2,1-2H3. The molecule has 1 fully saturated rings. The Hall–Kier alpha value is -2.13. The normalized spacial score (nSPS) is 22.1. The van der Waals surface area contributed by atoms with Crippen LogP contribution in [0.15, 0.2) is 42.5 Å². The lowest BCUT2D eigenvalue weighted by Gasteiger charge is -2.32. The summed E-state index contributed by atoms with van der Waals surface area (Å²) in [7, 11) is 2.29. The average molecular weight is 348 g/mol. The average Bonchev–Trinajstić information content (AvgIpc) is 3.04. The Bertz CT molecular complexity index is 970. The van der Waals surface area contributed by atoms with Crippen molar-refractivity contribution in [3.8, 4) is 0 Å². The molecule has 1 saturated heterocycles. The van der Waals surface area contributed by atoms with Crippen molar-refractivity contribution in [2.75, 3.05) is 7.05 Å². The summed E-state index contributed by atoms with van der Waals surface area (Å²) in [6.07, 6.45) is 4.68. The number of hydrogen-bond donors (Lipinski definition) is 0. The van der Waals surface area contributed by atoms with E-state index in [0.717, 1.165) is 19.4 Å². The van der Waals surface area contributed by atoms with Gasteiger partial charge in [-0.25, -0.2) is 4.39 Å². The summed E-state index contributed by atoms with van der Waals surface area (Å²) in [4.78, 5) is 2.59. The van der Waals surface area contributed by atoms with E-state index in [1.165, 1.54) is 34.9 Å². The first-order chi connectivity index (χ1) is 12.6. The highest BCUT2D eigenvalue weighted by Gasteiger charge is 2.40. The van der Waals surface area contributed by atoms with Crippen molar-refractivity contribution in [3.05, 3.63) is 70.7 Å². The number of rotatable bonds is 3. The molecule has 5 rings (SSSR count). The third-order valence-electron chi connectivity index (χ3n) is 6.51. The number of fused-ring (bicyclic) bond motifs is 6. The first-order valence-electron chi connectivity index (χ1n) is 9.70. The summed E-state index contributed by atoms with van der Waals surface area (Å²) < 4.78 is 15.7. The molecule has 3 heteroatoms. The van der Waals surface area contributed by atoms with E-state index in [-0.39, 0.29) is 5.82 Å². The lowest BCUT2D eigenvalue weighted by molar-refractivity contribution is 0.222. The van der Waals surface area contributed by atoms with Gasteiger partial charge in [0.1, 0.15) is 5.82 Å². The van der Waals surface area contributed by atoms with Gasteiger partial charge in [0.05, 0.1) is 0 Å². The lowest BCUT2D eigenvalue weighted by atomic mass is 9.97. The van der Waals surface area contributed by atoms with Gasteiger partial charge in [-0.15, -0.1) is 0 Å². The molecule has 2 unspecified atom stereocenters. The van der Waals surface area contributed by atoms with E-state index in [0.29, 0.717) is 12.1 Å². The van der Waals surface area contributed by atoms with E-state index < -0.39 is 0 Å². The zero-order valence-electron chi connectivity index (χ0n) is 15.5. The third-order valence-corrected chi connectivity index (χ3v) is 6.51. The second-order valence-corrected chi connectivity index (χ2v) is 8.03. The molecule has 2 aliphatic heterocycles. The molecule has 0 aliphatic carbocycles. The van der Waals surface area contributed by atoms with E-state index in [1.807, 2.05) is 12.1 Å². The third kappa shape index (κ3) is 2.41. The predicted molar refractivity (Wildman–Crippen MR) is 104 cm³/mol. The molecule has 2 nitrogen and oxygen atoms in total. The predicted octanol–water partition coefficient (Wildman–Crippen LogP) is 5.02. The highest BCUT2D eigenvalue weighted by molar-refractivity contribution is 5.87. The molecule has 134 valence electrons. The first-order valence-corrected chi connectivity index (χ1v) is 9.70. The van der Waals surface area contributed by atoms with E-state index in [1.54, 1.807) is 23.4 Å². The minimum absolute atomic E-state index is 0.160. The van der Waals surface area contributed by atoms with Crippen molar-refractivity contribution < 1.29 is 4.39 Å². The molecule has 0 radical (unpaired) electrons. The van der Waals surface area contributed by atoms with Crippen LogP contribution in [0.2, 0.25) is 0 Å². The fourth-order valence-electron chi connectivity index (χ4n) is 5.12. The Labute approximate surface area is 154 Å². The molecule has 2 aliphatic rings. The van der Waals surface area contributed by atoms with Crippen molar-refractivity contribution in [1.29, 1.82) is 0 Å². The number of hydrogen-bond acceptors (Lipinski definition) is 1. The minimum atomic E-state index is -0.160. The molecule has 0 N–H and O–H groups in total. The topological polar surface area (TPSA) is 8.17 Å². The second kappa shape index (κ2) is 5.95. The van der Waals surface area contributed by atoms with E-state index in [4.69, 9.17) is 0 Å². The molecule has 2 bridgehead atoms. The number of benzene rings is 2. The summed E-state index contributed by atoms with van der Waals surface area (Å²) in [5, 5.41) is 1.44. The quantitative estimate of drug-likeness (QED) is 0.645. The summed E-state index contributed by atoms with van der Waals surface area (Å²) in [5.74, 6) is -0.160. The Kier molecular flexibility index (Phi) is 3.68. The van der Waals surface area contributed by atoms with Crippen LogP contribution in [0.5, 0.6) is 0 Å². The fourth-order valence-corrected chi connectivity index (χ4v) is 5.12. The van der Waals surface area contributed by atoms with Gasteiger partial charge in [0.15, 0.2) is 0 Å². The Morgan fingerprint density at radius 3 is 2.69 bits per heavy atom. The number of nitrogens with zero attached hydrogens (tertiary/aromatic N) is 2. The zero-order chi connectivity index (χ0) is 17.8. The Balaban J connectivity index is 1.59. The Morgan fingerprint density at radius 1 is 1.08 bits per heavy atom. The molecule has 2 aromatic carbocycles. The molecule has 0 amide bonds. The molecule has 3 heterocycles. The molecular weight excluding hydrogens is 323 g/mol. The zero-order valence-corrected chi connectivity index (χ0v) is 15.5. The molecule has 26 heavy (non-hydrogen) atoms. The van der Waals surface area contributed by atoms with Crippen LogP contribution >= 0.6 is 0 Å². The van der Waals surface area contributed by atoms with Crippen LogP contribution in [0.4, 0.5) is 4.39 Å². The highest BCUT2D eigenvalue weighted by Crippen LogP contribution is 2.46. The van der Waals surface area contributed by atoms with Crippen LogP contribution < -0.4 is 0 Å². The highest BCUT2D eigenvalue weighted by atomic mass is 19.1. The molecule has 0 saturated carbocycles. The molecule has 0 spiro atoms. The summed E-state index contributed by atoms with van der Waals surface area (Å²) in [6.45, 7) is 3.15. The number of halogens is 1. The van der Waals surface area contributed by atoms with Gasteiger partial charge in [-0.1, -0.05) is 23.8 Å². The van der Waals surface area contributed by atoms with Crippen molar-refractivity contribution >= 4 is 10.9 Å². The van der Waals surface area contributed by atoms with Crippen LogP contribution in [0.3, 0.4) is 0 Å². The van der Waals surface area contributed by atoms with Crippen molar-refractivity contribution in [2.24, 2.45) is 0 Å². The number of likely N-dealkylation sites (N-methyl/N-ethyl adjacent to an activating group) is 1. The maximum absolute atomic E-state index is 13.2. The first kappa shape index (κ1) is 16.1.